The van der Waals surface area contributed by atoms with E-state index in [1.54, 1.807) is 0 Å². The Labute approximate surface area is 104 Å². The van der Waals surface area contributed by atoms with Gasteiger partial charge in [-0.15, -0.1) is 0 Å². The highest BCUT2D eigenvalue weighted by atomic mass is 79.9. The number of nitrogens with zero attached hydrogens (tertiary/aromatic N) is 2. The van der Waals surface area contributed by atoms with Crippen molar-refractivity contribution in [1.82, 2.24) is 9.97 Å². The van der Waals surface area contributed by atoms with Gasteiger partial charge in [-0.05, 0) is 18.1 Å². The summed E-state index contributed by atoms with van der Waals surface area (Å²) in [5, 5.41) is 0. The van der Waals surface area contributed by atoms with Gasteiger partial charge in [0.15, 0.2) is 5.82 Å². The van der Waals surface area contributed by atoms with E-state index in [9.17, 15) is 0 Å². The van der Waals surface area contributed by atoms with Crippen molar-refractivity contribution < 1.29 is 0 Å². The fourth-order valence-electron chi connectivity index (χ4n) is 1.47. The molecule has 0 radical (unpaired) electrons. The molecule has 0 N–H and O–H groups in total. The first kappa shape index (κ1) is 11.3. The number of aromatic nitrogens is 2. The van der Waals surface area contributed by atoms with Gasteiger partial charge in [-0.1, -0.05) is 48.0 Å². The van der Waals surface area contributed by atoms with E-state index in [4.69, 9.17) is 0 Å². The highest BCUT2D eigenvalue weighted by molar-refractivity contribution is 9.10. The van der Waals surface area contributed by atoms with Crippen LogP contribution < -0.4 is 0 Å². The van der Waals surface area contributed by atoms with Gasteiger partial charge >= 0.3 is 0 Å². The lowest BCUT2D eigenvalue weighted by atomic mass is 10.1. The van der Waals surface area contributed by atoms with E-state index >= 15 is 0 Å². The van der Waals surface area contributed by atoms with E-state index in [0.717, 1.165) is 21.6 Å². The van der Waals surface area contributed by atoms with Gasteiger partial charge < -0.3 is 0 Å². The zero-order valence-electron chi connectivity index (χ0n) is 9.31. The lowest BCUT2D eigenvalue weighted by Gasteiger charge is -2.07. The van der Waals surface area contributed by atoms with E-state index in [1.807, 2.05) is 36.5 Å². The van der Waals surface area contributed by atoms with Crippen LogP contribution >= 0.6 is 15.9 Å². The van der Waals surface area contributed by atoms with Crippen LogP contribution in [0.3, 0.4) is 0 Å². The molecule has 0 bridgehead atoms. The van der Waals surface area contributed by atoms with Crippen molar-refractivity contribution in [3.63, 3.8) is 0 Å². The second-order valence-corrected chi connectivity index (χ2v) is 4.79. The number of hydrogen-bond acceptors (Lipinski definition) is 2. The van der Waals surface area contributed by atoms with E-state index in [-0.39, 0.29) is 0 Å². The van der Waals surface area contributed by atoms with Crippen LogP contribution in [-0.4, -0.2) is 9.97 Å². The van der Waals surface area contributed by atoms with Gasteiger partial charge in [-0.25, -0.2) is 9.97 Å². The summed E-state index contributed by atoms with van der Waals surface area (Å²) in [4.78, 5) is 8.87. The zero-order chi connectivity index (χ0) is 11.5. The second-order valence-electron chi connectivity index (χ2n) is 3.94. The number of halogens is 1. The molecule has 2 aromatic rings. The third-order valence-electron chi connectivity index (χ3n) is 2.38. The lowest BCUT2D eigenvalue weighted by Crippen LogP contribution is -1.96. The Morgan fingerprint density at radius 3 is 2.56 bits per heavy atom. The molecule has 0 spiro atoms. The van der Waals surface area contributed by atoms with Crippen molar-refractivity contribution >= 4 is 15.9 Å². The molecule has 0 aliphatic heterocycles. The second kappa shape index (κ2) is 4.74. The summed E-state index contributed by atoms with van der Waals surface area (Å²) >= 11 is 3.51. The Morgan fingerprint density at radius 1 is 1.12 bits per heavy atom. The van der Waals surface area contributed by atoms with Crippen molar-refractivity contribution in [2.45, 2.75) is 19.8 Å². The van der Waals surface area contributed by atoms with Crippen LogP contribution in [0.1, 0.15) is 25.5 Å². The third kappa shape index (κ3) is 2.30. The predicted molar refractivity (Wildman–Crippen MR) is 69.3 cm³/mol. The summed E-state index contributed by atoms with van der Waals surface area (Å²) in [7, 11) is 0. The molecule has 0 atom stereocenters. The zero-order valence-corrected chi connectivity index (χ0v) is 10.9. The molecular weight excluding hydrogens is 264 g/mol. The molecule has 2 nitrogen and oxygen atoms in total. The first-order valence-corrected chi connectivity index (χ1v) is 6.05. The number of rotatable bonds is 2. The molecule has 0 amide bonds. The monoisotopic (exact) mass is 276 g/mol. The van der Waals surface area contributed by atoms with Crippen LogP contribution in [-0.2, 0) is 0 Å². The Hall–Kier alpha value is -1.22. The summed E-state index contributed by atoms with van der Waals surface area (Å²) in [6, 6.07) is 9.96. The quantitative estimate of drug-likeness (QED) is 0.828. The minimum Gasteiger partial charge on any atom is -0.237 e. The van der Waals surface area contributed by atoms with E-state index in [2.05, 4.69) is 39.7 Å². The molecule has 0 aliphatic carbocycles. The van der Waals surface area contributed by atoms with Crippen LogP contribution in [0.4, 0.5) is 0 Å². The first-order valence-electron chi connectivity index (χ1n) is 5.26. The molecule has 1 heterocycles. The molecule has 16 heavy (non-hydrogen) atoms. The van der Waals surface area contributed by atoms with Gasteiger partial charge in [-0.2, -0.15) is 0 Å². The molecular formula is C13H13BrN2. The van der Waals surface area contributed by atoms with E-state index in [0.29, 0.717) is 5.92 Å². The molecule has 1 aromatic heterocycles. The Morgan fingerprint density at radius 2 is 1.88 bits per heavy atom. The molecule has 82 valence electrons. The maximum absolute atomic E-state index is 4.56. The molecule has 0 saturated carbocycles. The highest BCUT2D eigenvalue weighted by Crippen LogP contribution is 2.25. The minimum atomic E-state index is 0.421. The summed E-state index contributed by atoms with van der Waals surface area (Å²) in [6.45, 7) is 4.26. The molecule has 2 rings (SSSR count). The highest BCUT2D eigenvalue weighted by Gasteiger charge is 2.07. The van der Waals surface area contributed by atoms with Gasteiger partial charge in [0.2, 0.25) is 0 Å². The largest absolute Gasteiger partial charge is 0.237 e. The van der Waals surface area contributed by atoms with Crippen molar-refractivity contribution in [2.24, 2.45) is 0 Å². The molecule has 0 fully saturated rings. The first-order chi connectivity index (χ1) is 7.68. The van der Waals surface area contributed by atoms with Crippen molar-refractivity contribution in [3.8, 4) is 11.4 Å². The number of hydrogen-bond donors (Lipinski definition) is 0. The van der Waals surface area contributed by atoms with Crippen LogP contribution in [0, 0.1) is 0 Å². The van der Waals surface area contributed by atoms with Crippen LogP contribution in [0.5, 0.6) is 0 Å². The molecule has 0 unspecified atom stereocenters. The average Bonchev–Trinajstić information content (AvgIpc) is 2.30. The summed E-state index contributed by atoms with van der Waals surface area (Å²) in [5.74, 6) is 1.20. The predicted octanol–water partition coefficient (Wildman–Crippen LogP) is 4.03. The summed E-state index contributed by atoms with van der Waals surface area (Å²) in [6.07, 6.45) is 1.82. The number of benzene rings is 1. The topological polar surface area (TPSA) is 25.8 Å². The Bertz CT molecular complexity index is 495. The van der Waals surface area contributed by atoms with E-state index in [1.165, 1.54) is 0 Å². The van der Waals surface area contributed by atoms with Gasteiger partial charge in [0, 0.05) is 21.9 Å². The Kier molecular flexibility index (Phi) is 3.34. The minimum absolute atomic E-state index is 0.421. The van der Waals surface area contributed by atoms with Gasteiger partial charge in [0.05, 0.1) is 0 Å². The molecule has 0 saturated heterocycles. The summed E-state index contributed by atoms with van der Waals surface area (Å²) in [5.41, 5.74) is 2.10. The third-order valence-corrected chi connectivity index (χ3v) is 3.07. The normalized spacial score (nSPS) is 10.8. The summed E-state index contributed by atoms with van der Waals surface area (Å²) < 4.78 is 1.02. The van der Waals surface area contributed by atoms with E-state index < -0.39 is 0 Å². The maximum atomic E-state index is 4.56. The van der Waals surface area contributed by atoms with Gasteiger partial charge in [0.25, 0.3) is 0 Å². The molecule has 3 heteroatoms. The SMILES string of the molecule is CC(C)c1ccnc(-c2ccccc2Br)n1. The fourth-order valence-corrected chi connectivity index (χ4v) is 1.93. The van der Waals surface area contributed by atoms with Crippen molar-refractivity contribution in [2.75, 3.05) is 0 Å². The van der Waals surface area contributed by atoms with Crippen LogP contribution in [0.15, 0.2) is 41.0 Å². The molecule has 0 aliphatic rings. The molecule has 1 aromatic carbocycles. The van der Waals surface area contributed by atoms with Crippen LogP contribution in [0.2, 0.25) is 0 Å². The maximum Gasteiger partial charge on any atom is 0.160 e. The standard InChI is InChI=1S/C13H13BrN2/c1-9(2)12-7-8-15-13(16-12)10-5-3-4-6-11(10)14/h3-9H,1-2H3. The van der Waals surface area contributed by atoms with Gasteiger partial charge in [-0.3, -0.25) is 0 Å². The lowest BCUT2D eigenvalue weighted by molar-refractivity contribution is 0.816. The smallest absolute Gasteiger partial charge is 0.160 e. The van der Waals surface area contributed by atoms with Gasteiger partial charge in [0.1, 0.15) is 0 Å². The van der Waals surface area contributed by atoms with Crippen LogP contribution in [0.25, 0.3) is 11.4 Å². The van der Waals surface area contributed by atoms with Crippen molar-refractivity contribution in [3.05, 3.63) is 46.7 Å². The van der Waals surface area contributed by atoms with Crippen molar-refractivity contribution in [1.29, 1.82) is 0 Å². The fraction of sp³-hybridized carbons (Fsp3) is 0.231. The Balaban J connectivity index is 2.49. The average molecular weight is 277 g/mol.